The maximum atomic E-state index is 13.0. The van der Waals surface area contributed by atoms with Crippen molar-refractivity contribution in [2.24, 2.45) is 0 Å². The van der Waals surface area contributed by atoms with Gasteiger partial charge in [-0.1, -0.05) is 6.07 Å². The summed E-state index contributed by atoms with van der Waals surface area (Å²) in [5.41, 5.74) is 1.63. The third-order valence-electron chi connectivity index (χ3n) is 4.60. The van der Waals surface area contributed by atoms with Gasteiger partial charge in [0.05, 0.1) is 17.0 Å². The maximum absolute atomic E-state index is 13.0. The van der Waals surface area contributed by atoms with Gasteiger partial charge in [-0.3, -0.25) is 4.79 Å². The molecule has 1 aromatic carbocycles. The van der Waals surface area contributed by atoms with Gasteiger partial charge < -0.3 is 14.6 Å². The second-order valence-electron chi connectivity index (χ2n) is 6.17. The molecule has 130 valence electrons. The van der Waals surface area contributed by atoms with Gasteiger partial charge in [0.2, 0.25) is 5.43 Å². The van der Waals surface area contributed by atoms with E-state index in [0.717, 1.165) is 37.6 Å². The highest BCUT2D eigenvalue weighted by Gasteiger charge is 2.15. The Balaban J connectivity index is 1.66. The SMILES string of the molecule is O=c1c2ccc(-c3nnn[nH]3)cc2oc2cnc(N3CCNCC3)cc12. The summed E-state index contributed by atoms with van der Waals surface area (Å²) in [6.07, 6.45) is 1.62. The Kier molecular flexibility index (Phi) is 3.39. The zero-order chi connectivity index (χ0) is 17.5. The Bertz CT molecular complexity index is 1150. The maximum Gasteiger partial charge on any atom is 0.200 e. The molecular formula is C17H15N7O2. The van der Waals surface area contributed by atoms with Crippen LogP contribution in [0.1, 0.15) is 0 Å². The molecule has 0 amide bonds. The molecule has 1 aliphatic rings. The molecule has 9 heteroatoms. The van der Waals surface area contributed by atoms with Crippen LogP contribution in [0.5, 0.6) is 0 Å². The molecule has 1 saturated heterocycles. The van der Waals surface area contributed by atoms with E-state index < -0.39 is 0 Å². The van der Waals surface area contributed by atoms with E-state index in [0.29, 0.717) is 27.8 Å². The van der Waals surface area contributed by atoms with Crippen LogP contribution in [-0.4, -0.2) is 51.8 Å². The molecule has 9 nitrogen and oxygen atoms in total. The summed E-state index contributed by atoms with van der Waals surface area (Å²) in [6, 6.07) is 7.11. The molecule has 5 rings (SSSR count). The van der Waals surface area contributed by atoms with E-state index >= 15 is 0 Å². The van der Waals surface area contributed by atoms with Crippen molar-refractivity contribution in [3.63, 3.8) is 0 Å². The zero-order valence-corrected chi connectivity index (χ0v) is 13.8. The van der Waals surface area contributed by atoms with Gasteiger partial charge in [0.15, 0.2) is 11.4 Å². The van der Waals surface area contributed by atoms with Crippen LogP contribution in [0.3, 0.4) is 0 Å². The van der Waals surface area contributed by atoms with Crippen LogP contribution >= 0.6 is 0 Å². The normalized spacial score (nSPS) is 15.0. The molecule has 3 aromatic heterocycles. The van der Waals surface area contributed by atoms with Crippen molar-refractivity contribution in [2.75, 3.05) is 31.1 Å². The summed E-state index contributed by atoms with van der Waals surface area (Å²) in [5.74, 6) is 1.32. The van der Waals surface area contributed by atoms with Crippen LogP contribution in [0.25, 0.3) is 33.3 Å². The molecule has 26 heavy (non-hydrogen) atoms. The molecule has 1 aliphatic heterocycles. The van der Waals surface area contributed by atoms with Gasteiger partial charge in [0, 0.05) is 31.7 Å². The number of aromatic nitrogens is 5. The number of benzene rings is 1. The molecular weight excluding hydrogens is 334 g/mol. The van der Waals surface area contributed by atoms with Gasteiger partial charge in [-0.15, -0.1) is 5.10 Å². The third-order valence-corrected chi connectivity index (χ3v) is 4.60. The number of H-pyrrole nitrogens is 1. The van der Waals surface area contributed by atoms with Crippen LogP contribution in [0.4, 0.5) is 5.82 Å². The lowest BCUT2D eigenvalue weighted by atomic mass is 10.1. The highest BCUT2D eigenvalue weighted by Crippen LogP contribution is 2.24. The Morgan fingerprint density at radius 3 is 2.77 bits per heavy atom. The van der Waals surface area contributed by atoms with Crippen LogP contribution in [-0.2, 0) is 0 Å². The zero-order valence-electron chi connectivity index (χ0n) is 13.8. The topological polar surface area (TPSA) is 113 Å². The number of tetrazole rings is 1. The van der Waals surface area contributed by atoms with Crippen LogP contribution < -0.4 is 15.6 Å². The Hall–Kier alpha value is -3.33. The van der Waals surface area contributed by atoms with Crippen molar-refractivity contribution >= 4 is 27.8 Å². The first-order valence-corrected chi connectivity index (χ1v) is 8.36. The summed E-state index contributed by atoms with van der Waals surface area (Å²) in [7, 11) is 0. The van der Waals surface area contributed by atoms with E-state index in [9.17, 15) is 4.79 Å². The predicted molar refractivity (Wildman–Crippen MR) is 96.0 cm³/mol. The number of rotatable bonds is 2. The van der Waals surface area contributed by atoms with E-state index in [1.54, 1.807) is 24.4 Å². The quantitative estimate of drug-likeness (QED) is 0.514. The van der Waals surface area contributed by atoms with Crippen LogP contribution in [0.2, 0.25) is 0 Å². The minimum atomic E-state index is -0.0673. The van der Waals surface area contributed by atoms with E-state index in [1.165, 1.54) is 0 Å². The van der Waals surface area contributed by atoms with E-state index in [-0.39, 0.29) is 5.43 Å². The predicted octanol–water partition coefficient (Wildman–Crippen LogP) is 0.931. The van der Waals surface area contributed by atoms with Gasteiger partial charge in [0.25, 0.3) is 0 Å². The number of piperazine rings is 1. The first-order chi connectivity index (χ1) is 12.8. The Morgan fingerprint density at radius 2 is 1.96 bits per heavy atom. The monoisotopic (exact) mass is 349 g/mol. The molecule has 2 N–H and O–H groups in total. The molecule has 0 spiro atoms. The van der Waals surface area contributed by atoms with E-state index in [4.69, 9.17) is 4.42 Å². The molecule has 0 bridgehead atoms. The molecule has 0 unspecified atom stereocenters. The number of hydrogen-bond acceptors (Lipinski definition) is 8. The average molecular weight is 349 g/mol. The lowest BCUT2D eigenvalue weighted by Crippen LogP contribution is -2.43. The second kappa shape index (κ2) is 5.88. The summed E-state index contributed by atoms with van der Waals surface area (Å²) < 4.78 is 5.93. The summed E-state index contributed by atoms with van der Waals surface area (Å²) in [6.45, 7) is 3.55. The van der Waals surface area contributed by atoms with Crippen molar-refractivity contribution in [3.05, 3.63) is 40.7 Å². The fourth-order valence-corrected chi connectivity index (χ4v) is 3.24. The molecule has 4 aromatic rings. The number of pyridine rings is 1. The standard InChI is InChI=1S/C17H15N7O2/c25-16-11-2-1-10(17-20-22-23-21-17)7-13(11)26-14-9-19-15(8-12(14)16)24-5-3-18-4-6-24/h1-2,7-9,18H,3-6H2,(H,20,21,22,23). The van der Waals surface area contributed by atoms with Crippen molar-refractivity contribution in [1.82, 2.24) is 30.9 Å². The number of hydrogen-bond donors (Lipinski definition) is 2. The number of nitrogens with one attached hydrogen (secondary N) is 2. The van der Waals surface area contributed by atoms with Gasteiger partial charge in [-0.2, -0.15) is 0 Å². The van der Waals surface area contributed by atoms with Crippen LogP contribution in [0, 0.1) is 0 Å². The van der Waals surface area contributed by atoms with Crippen LogP contribution in [0.15, 0.2) is 39.7 Å². The number of nitrogens with zero attached hydrogens (tertiary/aromatic N) is 5. The second-order valence-corrected chi connectivity index (χ2v) is 6.17. The van der Waals surface area contributed by atoms with Crippen molar-refractivity contribution in [1.29, 1.82) is 0 Å². The Labute approximate surface area is 147 Å². The molecule has 1 fully saturated rings. The fraction of sp³-hybridized carbons (Fsp3) is 0.235. The summed E-state index contributed by atoms with van der Waals surface area (Å²) in [5, 5.41) is 18.1. The minimum absolute atomic E-state index is 0.0673. The fourth-order valence-electron chi connectivity index (χ4n) is 3.24. The molecule has 0 atom stereocenters. The van der Waals surface area contributed by atoms with E-state index in [2.05, 4.69) is 35.8 Å². The minimum Gasteiger partial charge on any atom is -0.454 e. The smallest absolute Gasteiger partial charge is 0.200 e. The van der Waals surface area contributed by atoms with Crippen molar-refractivity contribution in [2.45, 2.75) is 0 Å². The average Bonchev–Trinajstić information content (AvgIpc) is 3.23. The first kappa shape index (κ1) is 15.0. The van der Waals surface area contributed by atoms with Gasteiger partial charge in [-0.25, -0.2) is 10.1 Å². The lowest BCUT2D eigenvalue weighted by molar-refractivity contribution is 0.584. The third kappa shape index (κ3) is 2.40. The highest BCUT2D eigenvalue weighted by atomic mass is 16.3. The van der Waals surface area contributed by atoms with Crippen molar-refractivity contribution in [3.8, 4) is 11.4 Å². The number of aromatic amines is 1. The number of fused-ring (bicyclic) bond motifs is 2. The number of anilines is 1. The molecule has 4 heterocycles. The largest absolute Gasteiger partial charge is 0.454 e. The molecule has 0 radical (unpaired) electrons. The Morgan fingerprint density at radius 1 is 1.08 bits per heavy atom. The summed E-state index contributed by atoms with van der Waals surface area (Å²) >= 11 is 0. The van der Waals surface area contributed by atoms with E-state index in [1.807, 2.05) is 6.07 Å². The van der Waals surface area contributed by atoms with Gasteiger partial charge >= 0.3 is 0 Å². The highest BCUT2D eigenvalue weighted by molar-refractivity contribution is 5.92. The van der Waals surface area contributed by atoms with Crippen molar-refractivity contribution < 1.29 is 4.42 Å². The first-order valence-electron chi connectivity index (χ1n) is 8.36. The van der Waals surface area contributed by atoms with Gasteiger partial charge in [0.1, 0.15) is 11.4 Å². The molecule has 0 aliphatic carbocycles. The summed E-state index contributed by atoms with van der Waals surface area (Å²) in [4.78, 5) is 19.6. The molecule has 0 saturated carbocycles. The lowest BCUT2D eigenvalue weighted by Gasteiger charge is -2.28. The van der Waals surface area contributed by atoms with Gasteiger partial charge in [-0.05, 0) is 28.6 Å².